The van der Waals surface area contributed by atoms with Crippen molar-refractivity contribution in [3.63, 3.8) is 0 Å². The fourth-order valence-electron chi connectivity index (χ4n) is 3.58. The highest BCUT2D eigenvalue weighted by Crippen LogP contribution is 2.45. The zero-order chi connectivity index (χ0) is 12.0. The minimum absolute atomic E-state index is 0.260. The molecule has 0 bridgehead atoms. The molecule has 3 aliphatic rings. The number of allylic oxidation sites excluding steroid dienone is 1. The third-order valence-electron chi connectivity index (χ3n) is 4.56. The second-order valence-electron chi connectivity index (χ2n) is 5.37. The largest absolute Gasteiger partial charge is 0.454 e. The maximum atomic E-state index is 5.51. The predicted octanol–water partition coefficient (Wildman–Crippen LogP) is 2.37. The van der Waals surface area contributed by atoms with Crippen molar-refractivity contribution < 1.29 is 9.47 Å². The van der Waals surface area contributed by atoms with Crippen LogP contribution in [0.5, 0.6) is 11.5 Å². The molecule has 1 aliphatic carbocycles. The predicted molar refractivity (Wildman–Crippen MR) is 69.0 cm³/mol. The van der Waals surface area contributed by atoms with Crippen molar-refractivity contribution in [2.24, 2.45) is 0 Å². The highest BCUT2D eigenvalue weighted by Gasteiger charge is 2.44. The van der Waals surface area contributed by atoms with E-state index in [0.29, 0.717) is 12.8 Å². The van der Waals surface area contributed by atoms with Gasteiger partial charge in [0.15, 0.2) is 11.5 Å². The van der Waals surface area contributed by atoms with Gasteiger partial charge in [-0.25, -0.2) is 0 Å². The Morgan fingerprint density at radius 3 is 3.11 bits per heavy atom. The van der Waals surface area contributed by atoms with Crippen LogP contribution in [0.25, 0.3) is 0 Å². The van der Waals surface area contributed by atoms with Crippen molar-refractivity contribution >= 4 is 0 Å². The summed E-state index contributed by atoms with van der Waals surface area (Å²) in [6.07, 6.45) is 8.24. The minimum atomic E-state index is 0.260. The Bertz CT molecular complexity index is 511. The molecule has 2 heterocycles. The fourth-order valence-corrected chi connectivity index (χ4v) is 3.58. The first-order valence-electron chi connectivity index (χ1n) is 6.69. The molecule has 1 aromatic carbocycles. The van der Waals surface area contributed by atoms with E-state index < -0.39 is 0 Å². The summed E-state index contributed by atoms with van der Waals surface area (Å²) in [7, 11) is 0. The molecular formula is C15H17NO2. The molecule has 0 spiro atoms. The normalized spacial score (nSPS) is 32.6. The lowest BCUT2D eigenvalue weighted by Crippen LogP contribution is -2.40. The van der Waals surface area contributed by atoms with E-state index in [1.165, 1.54) is 24.8 Å². The molecule has 1 aromatic rings. The van der Waals surface area contributed by atoms with Gasteiger partial charge >= 0.3 is 0 Å². The number of hydrogen-bond acceptors (Lipinski definition) is 3. The van der Waals surface area contributed by atoms with Crippen LogP contribution in [-0.4, -0.2) is 19.4 Å². The van der Waals surface area contributed by atoms with Crippen molar-refractivity contribution in [3.8, 4) is 11.5 Å². The van der Waals surface area contributed by atoms with Crippen LogP contribution in [0, 0.1) is 0 Å². The Morgan fingerprint density at radius 2 is 2.11 bits per heavy atom. The van der Waals surface area contributed by atoms with Gasteiger partial charge in [0, 0.05) is 11.5 Å². The summed E-state index contributed by atoms with van der Waals surface area (Å²) >= 11 is 0. The average molecular weight is 243 g/mol. The SMILES string of the molecule is C1=C[C@@H]2NCC[C@]2(c2ccc3c(c2)OCO3)CC1. The van der Waals surface area contributed by atoms with Gasteiger partial charge in [-0.2, -0.15) is 0 Å². The molecule has 4 rings (SSSR count). The molecule has 0 radical (unpaired) electrons. The number of ether oxygens (including phenoxy) is 2. The summed E-state index contributed by atoms with van der Waals surface area (Å²) in [6, 6.07) is 6.93. The van der Waals surface area contributed by atoms with E-state index in [1.807, 2.05) is 0 Å². The van der Waals surface area contributed by atoms with E-state index in [1.54, 1.807) is 0 Å². The molecule has 1 N–H and O–H groups in total. The van der Waals surface area contributed by atoms with Crippen molar-refractivity contribution in [1.29, 1.82) is 0 Å². The van der Waals surface area contributed by atoms with Crippen LogP contribution in [0.4, 0.5) is 0 Å². The van der Waals surface area contributed by atoms with Gasteiger partial charge in [-0.3, -0.25) is 0 Å². The van der Waals surface area contributed by atoms with Crippen molar-refractivity contribution in [2.75, 3.05) is 13.3 Å². The Kier molecular flexibility index (Phi) is 2.18. The van der Waals surface area contributed by atoms with Crippen LogP contribution in [0.15, 0.2) is 30.4 Å². The molecule has 3 heteroatoms. The lowest BCUT2D eigenvalue weighted by Gasteiger charge is -2.36. The maximum absolute atomic E-state index is 5.51. The molecule has 0 aromatic heterocycles. The number of nitrogens with one attached hydrogen (secondary N) is 1. The number of rotatable bonds is 1. The molecule has 1 saturated heterocycles. The van der Waals surface area contributed by atoms with E-state index >= 15 is 0 Å². The van der Waals surface area contributed by atoms with Gasteiger partial charge < -0.3 is 14.8 Å². The van der Waals surface area contributed by atoms with Gasteiger partial charge in [0.05, 0.1) is 0 Å². The van der Waals surface area contributed by atoms with E-state index in [-0.39, 0.29) is 5.41 Å². The zero-order valence-electron chi connectivity index (χ0n) is 10.3. The van der Waals surface area contributed by atoms with E-state index in [0.717, 1.165) is 18.0 Å². The number of benzene rings is 1. The Labute approximate surface area is 107 Å². The zero-order valence-corrected chi connectivity index (χ0v) is 10.3. The molecule has 0 saturated carbocycles. The standard InChI is InChI=1S/C15H17NO2/c1-2-6-15(7-8-16-14(15)3-1)11-4-5-12-13(9-11)18-10-17-12/h1,3-5,9,14,16H,2,6-8,10H2/t14-,15-/m0/s1. The first-order valence-corrected chi connectivity index (χ1v) is 6.69. The molecule has 0 unspecified atom stereocenters. The van der Waals surface area contributed by atoms with Gasteiger partial charge in [0.2, 0.25) is 6.79 Å². The number of fused-ring (bicyclic) bond motifs is 2. The van der Waals surface area contributed by atoms with Crippen molar-refractivity contribution in [1.82, 2.24) is 5.32 Å². The van der Waals surface area contributed by atoms with Gasteiger partial charge in [0.1, 0.15) is 0 Å². The van der Waals surface area contributed by atoms with Gasteiger partial charge in [0.25, 0.3) is 0 Å². The molecule has 94 valence electrons. The topological polar surface area (TPSA) is 30.5 Å². The van der Waals surface area contributed by atoms with E-state index in [2.05, 4.69) is 35.7 Å². The minimum Gasteiger partial charge on any atom is -0.454 e. The second kappa shape index (κ2) is 3.75. The number of hydrogen-bond donors (Lipinski definition) is 1. The Hall–Kier alpha value is -1.48. The molecule has 2 atom stereocenters. The van der Waals surface area contributed by atoms with Crippen LogP contribution in [0.1, 0.15) is 24.8 Å². The van der Waals surface area contributed by atoms with Crippen LogP contribution in [0.2, 0.25) is 0 Å². The maximum Gasteiger partial charge on any atom is 0.231 e. The second-order valence-corrected chi connectivity index (χ2v) is 5.37. The molecule has 2 aliphatic heterocycles. The van der Waals surface area contributed by atoms with Crippen LogP contribution < -0.4 is 14.8 Å². The Balaban J connectivity index is 1.79. The molecule has 0 amide bonds. The van der Waals surface area contributed by atoms with Crippen LogP contribution in [0.3, 0.4) is 0 Å². The van der Waals surface area contributed by atoms with Crippen LogP contribution >= 0.6 is 0 Å². The van der Waals surface area contributed by atoms with Gasteiger partial charge in [-0.15, -0.1) is 0 Å². The third kappa shape index (κ3) is 1.34. The molecule has 3 nitrogen and oxygen atoms in total. The summed E-state index contributed by atoms with van der Waals surface area (Å²) in [5.74, 6) is 1.78. The summed E-state index contributed by atoms with van der Waals surface area (Å²) < 4.78 is 10.9. The monoisotopic (exact) mass is 243 g/mol. The van der Waals surface area contributed by atoms with Gasteiger partial charge in [-0.1, -0.05) is 18.2 Å². The smallest absolute Gasteiger partial charge is 0.231 e. The quantitative estimate of drug-likeness (QED) is 0.768. The third-order valence-corrected chi connectivity index (χ3v) is 4.56. The fraction of sp³-hybridized carbons (Fsp3) is 0.467. The lowest BCUT2D eigenvalue weighted by molar-refractivity contribution is 0.174. The van der Waals surface area contributed by atoms with Gasteiger partial charge in [-0.05, 0) is 43.5 Å². The summed E-state index contributed by atoms with van der Waals surface area (Å²) in [4.78, 5) is 0. The average Bonchev–Trinajstić information content (AvgIpc) is 3.04. The molecule has 1 fully saturated rings. The van der Waals surface area contributed by atoms with E-state index in [9.17, 15) is 0 Å². The molecule has 18 heavy (non-hydrogen) atoms. The highest BCUT2D eigenvalue weighted by atomic mass is 16.7. The first-order chi connectivity index (χ1) is 8.88. The van der Waals surface area contributed by atoms with Crippen LogP contribution in [-0.2, 0) is 5.41 Å². The first kappa shape index (κ1) is 10.4. The lowest BCUT2D eigenvalue weighted by atomic mass is 9.69. The van der Waals surface area contributed by atoms with Crippen molar-refractivity contribution in [2.45, 2.75) is 30.7 Å². The molecular weight excluding hydrogens is 226 g/mol. The van der Waals surface area contributed by atoms with E-state index in [4.69, 9.17) is 9.47 Å². The highest BCUT2D eigenvalue weighted by molar-refractivity contribution is 5.48. The Morgan fingerprint density at radius 1 is 1.17 bits per heavy atom. The summed E-state index contributed by atoms with van der Waals surface area (Å²) in [5, 5.41) is 3.61. The summed E-state index contributed by atoms with van der Waals surface area (Å²) in [6.45, 7) is 1.46. The summed E-state index contributed by atoms with van der Waals surface area (Å²) in [5.41, 5.74) is 1.65. The van der Waals surface area contributed by atoms with Crippen molar-refractivity contribution in [3.05, 3.63) is 35.9 Å².